The fourth-order valence-corrected chi connectivity index (χ4v) is 9.24. The average molecular weight is 1180 g/mol. The molecule has 78 heavy (non-hydrogen) atoms. The Bertz CT molecular complexity index is 3190. The number of carbonyl (C=O) groups excluding carboxylic acids is 3. The zero-order valence-corrected chi connectivity index (χ0v) is 47.7. The van der Waals surface area contributed by atoms with E-state index in [0.29, 0.717) is 54.4 Å². The van der Waals surface area contributed by atoms with Crippen LogP contribution in [0.5, 0.6) is 17.2 Å². The third-order valence-corrected chi connectivity index (χ3v) is 13.8. The minimum atomic E-state index is -0.501. The number of carbonyl (C=O) groups is 3. The summed E-state index contributed by atoms with van der Waals surface area (Å²) in [5.74, 6) is 2.51. The Morgan fingerprint density at radius 3 is 1.45 bits per heavy atom. The van der Waals surface area contributed by atoms with Gasteiger partial charge in [-0.05, 0) is 137 Å². The molecule has 0 saturated heterocycles. The summed E-state index contributed by atoms with van der Waals surface area (Å²) in [6.07, 6.45) is 0.334. The molecule has 10 nitrogen and oxygen atoms in total. The number of rotatable bonds is 14. The number of ether oxygens (including phenoxy) is 3. The van der Waals surface area contributed by atoms with E-state index in [4.69, 9.17) is 25.7 Å². The van der Waals surface area contributed by atoms with Gasteiger partial charge < -0.3 is 35.9 Å². The number of aliphatic hydroxyl groups excluding tert-OH is 2. The third kappa shape index (κ3) is 18.9. The zero-order chi connectivity index (χ0) is 56.0. The first-order valence-corrected chi connectivity index (χ1v) is 27.9. The lowest BCUT2D eigenvalue weighted by Gasteiger charge is -2.12. The SMILES string of the molecule is CC(=O)c1cc(C)cc(OCc2ccccc2)c1.Cc1cc(OCc2ccccc2)cc(C(=O)CBr)c1.Cc1cc(OCc2ccccc2)cc(C(O)CBr)c1.NC1C(=O)Cc2ccccc21.N[C@H]1c2ccccc2C[C@H]1O. The molecule has 6 N–H and O–H groups in total. The number of hydrogen-bond donors (Lipinski definition) is 4. The van der Waals surface area contributed by atoms with E-state index in [9.17, 15) is 24.6 Å². The highest BCUT2D eigenvalue weighted by Gasteiger charge is 2.27. The molecule has 4 atom stereocenters. The lowest BCUT2D eigenvalue weighted by atomic mass is 10.1. The molecule has 0 aliphatic heterocycles. The molecule has 0 fully saturated rings. The van der Waals surface area contributed by atoms with E-state index in [2.05, 4.69) is 31.9 Å². The van der Waals surface area contributed by atoms with Crippen LogP contribution in [0.3, 0.4) is 0 Å². The van der Waals surface area contributed by atoms with Crippen molar-refractivity contribution in [2.24, 2.45) is 11.5 Å². The van der Waals surface area contributed by atoms with Gasteiger partial charge in [0.15, 0.2) is 17.3 Å². The van der Waals surface area contributed by atoms with Gasteiger partial charge in [0.05, 0.1) is 29.6 Å². The molecular weight excluding hydrogens is 1110 g/mol. The smallest absolute Gasteiger partial charge is 0.173 e. The molecule has 8 aromatic rings. The van der Waals surface area contributed by atoms with Crippen LogP contribution in [0.25, 0.3) is 0 Å². The van der Waals surface area contributed by atoms with E-state index in [0.717, 1.165) is 72.9 Å². The second-order valence-corrected chi connectivity index (χ2v) is 20.3. The van der Waals surface area contributed by atoms with Gasteiger partial charge in [0, 0.05) is 29.3 Å². The quantitative estimate of drug-likeness (QED) is 0.0607. The molecule has 0 spiro atoms. The molecular formula is C66H68Br2N2O8. The second-order valence-electron chi connectivity index (χ2n) is 19.1. The maximum Gasteiger partial charge on any atom is 0.173 e. The summed E-state index contributed by atoms with van der Waals surface area (Å²) in [5.41, 5.74) is 24.5. The van der Waals surface area contributed by atoms with Crippen molar-refractivity contribution < 1.29 is 38.8 Å². The van der Waals surface area contributed by atoms with Crippen LogP contribution in [0, 0.1) is 20.8 Å². The summed E-state index contributed by atoms with van der Waals surface area (Å²) in [7, 11) is 0. The molecule has 12 heteroatoms. The molecule has 404 valence electrons. The lowest BCUT2D eigenvalue weighted by Crippen LogP contribution is -2.21. The second kappa shape index (κ2) is 30.8. The molecule has 0 radical (unpaired) electrons. The molecule has 8 aromatic carbocycles. The minimum Gasteiger partial charge on any atom is -0.489 e. The number of hydrogen-bond acceptors (Lipinski definition) is 10. The van der Waals surface area contributed by atoms with Crippen LogP contribution in [0.15, 0.2) is 194 Å². The van der Waals surface area contributed by atoms with E-state index >= 15 is 0 Å². The molecule has 0 saturated carbocycles. The first-order valence-electron chi connectivity index (χ1n) is 25.7. The van der Waals surface area contributed by atoms with E-state index in [1.54, 1.807) is 19.1 Å². The topological polar surface area (TPSA) is 171 Å². The van der Waals surface area contributed by atoms with E-state index in [1.807, 2.05) is 203 Å². The predicted octanol–water partition coefficient (Wildman–Crippen LogP) is 13.3. The Kier molecular flexibility index (Phi) is 23.8. The summed E-state index contributed by atoms with van der Waals surface area (Å²) in [6.45, 7) is 9.04. The van der Waals surface area contributed by atoms with Crippen molar-refractivity contribution in [2.45, 2.75) is 84.6 Å². The fraction of sp³-hybridized carbons (Fsp3) is 0.227. The lowest BCUT2D eigenvalue weighted by molar-refractivity contribution is -0.118. The monoisotopic (exact) mass is 1170 g/mol. The third-order valence-electron chi connectivity index (χ3n) is 12.7. The molecule has 0 bridgehead atoms. The number of fused-ring (bicyclic) bond motifs is 2. The van der Waals surface area contributed by atoms with E-state index in [-0.39, 0.29) is 35.5 Å². The molecule has 0 heterocycles. The summed E-state index contributed by atoms with van der Waals surface area (Å²) in [6, 6.07) is 62.1. The van der Waals surface area contributed by atoms with Crippen LogP contribution in [0.4, 0.5) is 0 Å². The first-order chi connectivity index (χ1) is 37.6. The number of benzene rings is 8. The van der Waals surface area contributed by atoms with Gasteiger partial charge in [-0.3, -0.25) is 14.4 Å². The maximum absolute atomic E-state index is 11.7. The number of halogens is 2. The van der Waals surface area contributed by atoms with Gasteiger partial charge in [0.1, 0.15) is 37.1 Å². The van der Waals surface area contributed by atoms with Crippen molar-refractivity contribution >= 4 is 49.2 Å². The highest BCUT2D eigenvalue weighted by atomic mass is 79.9. The molecule has 2 unspecified atom stereocenters. The van der Waals surface area contributed by atoms with Crippen LogP contribution in [-0.4, -0.2) is 44.3 Å². The van der Waals surface area contributed by atoms with Crippen molar-refractivity contribution in [3.05, 3.63) is 266 Å². The first kappa shape index (κ1) is 60.2. The van der Waals surface area contributed by atoms with Gasteiger partial charge >= 0.3 is 0 Å². The van der Waals surface area contributed by atoms with Crippen molar-refractivity contribution in [1.82, 2.24) is 0 Å². The summed E-state index contributed by atoms with van der Waals surface area (Å²) < 4.78 is 17.2. The number of aryl methyl sites for hydroxylation is 3. The Labute approximate surface area is 475 Å². The van der Waals surface area contributed by atoms with Gasteiger partial charge in [-0.1, -0.05) is 177 Å². The Balaban J connectivity index is 0.000000160. The van der Waals surface area contributed by atoms with Crippen molar-refractivity contribution in [3.8, 4) is 17.2 Å². The van der Waals surface area contributed by atoms with Crippen molar-refractivity contribution in [1.29, 1.82) is 0 Å². The summed E-state index contributed by atoms with van der Waals surface area (Å²) >= 11 is 6.47. The number of aliphatic hydroxyl groups is 2. The van der Waals surface area contributed by atoms with Crippen LogP contribution in [-0.2, 0) is 37.5 Å². The molecule has 0 aromatic heterocycles. The summed E-state index contributed by atoms with van der Waals surface area (Å²) in [5, 5.41) is 20.1. The Morgan fingerprint density at radius 1 is 0.564 bits per heavy atom. The largest absolute Gasteiger partial charge is 0.489 e. The average Bonchev–Trinajstić information content (AvgIpc) is 3.95. The summed E-state index contributed by atoms with van der Waals surface area (Å²) in [4.78, 5) is 34.2. The molecule has 0 amide bonds. The minimum absolute atomic E-state index is 0.0586. The van der Waals surface area contributed by atoms with E-state index < -0.39 is 6.10 Å². The van der Waals surface area contributed by atoms with Gasteiger partial charge in [0.25, 0.3) is 0 Å². The van der Waals surface area contributed by atoms with E-state index in [1.165, 1.54) is 5.56 Å². The number of ketones is 3. The zero-order valence-electron chi connectivity index (χ0n) is 44.5. The molecule has 2 aliphatic carbocycles. The fourth-order valence-electron chi connectivity index (χ4n) is 8.54. The Morgan fingerprint density at radius 2 is 0.987 bits per heavy atom. The van der Waals surface area contributed by atoms with Gasteiger partial charge in [-0.25, -0.2) is 0 Å². The van der Waals surface area contributed by atoms with Crippen molar-refractivity contribution in [2.75, 3.05) is 10.7 Å². The maximum atomic E-state index is 11.7. The van der Waals surface area contributed by atoms with Crippen LogP contribution < -0.4 is 25.7 Å². The highest BCUT2D eigenvalue weighted by Crippen LogP contribution is 2.29. The number of Topliss-reactive ketones (excluding diaryl/α,β-unsaturated/α-hetero) is 3. The van der Waals surface area contributed by atoms with Gasteiger partial charge in [0.2, 0.25) is 0 Å². The molecule has 10 rings (SSSR count). The predicted molar refractivity (Wildman–Crippen MR) is 318 cm³/mol. The Hall–Kier alpha value is -7.03. The highest BCUT2D eigenvalue weighted by molar-refractivity contribution is 9.09. The normalized spacial score (nSPS) is 14.9. The molecule has 2 aliphatic rings. The van der Waals surface area contributed by atoms with Gasteiger partial charge in [-0.2, -0.15) is 0 Å². The standard InChI is InChI=1S/C16H17BrO2.C16H15BrO2.C16H16O2.C9H11NO.C9H9NO/c2*1-12-7-14(16(18)10-17)9-15(8-12)19-11-13-5-3-2-4-6-13;1-12-8-15(13(2)17)10-16(9-12)18-11-14-6-4-3-5-7-14;2*10-9-7-4-2-1-3-6(7)5-8(9)11/h2-9,16,18H,10-11H2,1H3;2-9H,10-11H2,1H3;3-10H,11H2,1-2H3;1-4,8-9,11H,5,10H2;1-4,9H,5,10H2/t;;;8-,9+;/m...1./s1. The van der Waals surface area contributed by atoms with Crippen LogP contribution in [0.2, 0.25) is 0 Å². The number of nitrogens with two attached hydrogens (primary N) is 2. The van der Waals surface area contributed by atoms with Crippen LogP contribution >= 0.6 is 31.9 Å². The van der Waals surface area contributed by atoms with Crippen LogP contribution in [0.1, 0.15) is 107 Å². The van der Waals surface area contributed by atoms with Crippen molar-refractivity contribution in [3.63, 3.8) is 0 Å². The number of alkyl halides is 2. The van der Waals surface area contributed by atoms with Gasteiger partial charge in [-0.15, -0.1) is 0 Å².